The molecule has 1 saturated carbocycles. The fourth-order valence-corrected chi connectivity index (χ4v) is 2.32. The Hall–Kier alpha value is -1.04. The maximum Gasteiger partial charge on any atom is 0.248 e. The second-order valence-electron chi connectivity index (χ2n) is 4.88. The summed E-state index contributed by atoms with van der Waals surface area (Å²) in [6.45, 7) is 0.135. The summed E-state index contributed by atoms with van der Waals surface area (Å²) >= 11 is 0. The molecule has 1 unspecified atom stereocenters. The lowest BCUT2D eigenvalue weighted by atomic mass is 9.86. The lowest BCUT2D eigenvalue weighted by Crippen LogP contribution is -2.25. The number of hydrogen-bond acceptors (Lipinski definition) is 4. The predicted octanol–water partition coefficient (Wildman–Crippen LogP) is 2.68. The Morgan fingerprint density at radius 3 is 2.94 bits per heavy atom. The van der Waals surface area contributed by atoms with E-state index in [2.05, 4.69) is 10.1 Å². The molecule has 1 aliphatic carbocycles. The summed E-state index contributed by atoms with van der Waals surface area (Å²) in [6.07, 6.45) is 3.03. The Bertz CT molecular complexity index is 382. The van der Waals surface area contributed by atoms with Gasteiger partial charge < -0.3 is 9.63 Å². The van der Waals surface area contributed by atoms with E-state index >= 15 is 0 Å². The number of aliphatic hydroxyl groups is 1. The Balaban J connectivity index is 1.92. The van der Waals surface area contributed by atoms with Gasteiger partial charge in [0.25, 0.3) is 0 Å². The highest BCUT2D eigenvalue weighted by Gasteiger charge is 2.38. The fraction of sp³-hybridized carbons (Fsp3) is 0.833. The van der Waals surface area contributed by atoms with Crippen LogP contribution in [0.1, 0.15) is 56.2 Å². The fourth-order valence-electron chi connectivity index (χ4n) is 2.32. The SMILES string of the molecule is OCCCCc1nc(C2CCCC(F)(F)C2)no1. The standard InChI is InChI=1S/C12H18F2N2O2/c13-12(14)6-3-4-9(8-12)11-15-10(18-16-11)5-1-2-7-17/h9,17H,1-8H2. The zero-order valence-electron chi connectivity index (χ0n) is 10.2. The van der Waals surface area contributed by atoms with Crippen molar-refractivity contribution < 1.29 is 18.4 Å². The van der Waals surface area contributed by atoms with Crippen LogP contribution in [0.4, 0.5) is 8.78 Å². The minimum absolute atomic E-state index is 0.0370. The summed E-state index contributed by atoms with van der Waals surface area (Å²) in [5.74, 6) is -1.99. The number of halogens is 2. The molecule has 2 rings (SSSR count). The number of aryl methyl sites for hydroxylation is 1. The molecule has 1 atom stereocenters. The molecule has 0 aromatic carbocycles. The predicted molar refractivity (Wildman–Crippen MR) is 60.5 cm³/mol. The average Bonchev–Trinajstić information content (AvgIpc) is 2.77. The van der Waals surface area contributed by atoms with Gasteiger partial charge in [0.05, 0.1) is 0 Å². The third-order valence-electron chi connectivity index (χ3n) is 3.29. The molecule has 18 heavy (non-hydrogen) atoms. The summed E-state index contributed by atoms with van der Waals surface area (Å²) in [4.78, 5) is 4.18. The van der Waals surface area contributed by atoms with Crippen molar-refractivity contribution in [2.45, 2.75) is 56.8 Å². The van der Waals surface area contributed by atoms with Crippen molar-refractivity contribution in [1.29, 1.82) is 0 Å². The van der Waals surface area contributed by atoms with E-state index in [4.69, 9.17) is 9.63 Å². The molecule has 0 radical (unpaired) electrons. The molecule has 1 fully saturated rings. The van der Waals surface area contributed by atoms with Crippen LogP contribution in [0, 0.1) is 0 Å². The van der Waals surface area contributed by atoms with Crippen molar-refractivity contribution >= 4 is 0 Å². The summed E-state index contributed by atoms with van der Waals surface area (Å²) in [5, 5.41) is 12.5. The van der Waals surface area contributed by atoms with Gasteiger partial charge in [-0.3, -0.25) is 0 Å². The molecule has 1 N–H and O–H groups in total. The van der Waals surface area contributed by atoms with Crippen LogP contribution in [0.5, 0.6) is 0 Å². The highest BCUT2D eigenvalue weighted by molar-refractivity contribution is 5.00. The number of hydrogen-bond donors (Lipinski definition) is 1. The van der Waals surface area contributed by atoms with Gasteiger partial charge in [-0.2, -0.15) is 4.98 Å². The molecule has 4 nitrogen and oxygen atoms in total. The van der Waals surface area contributed by atoms with Crippen molar-refractivity contribution in [3.05, 3.63) is 11.7 Å². The van der Waals surface area contributed by atoms with Crippen LogP contribution < -0.4 is 0 Å². The van der Waals surface area contributed by atoms with Crippen molar-refractivity contribution in [3.8, 4) is 0 Å². The van der Waals surface area contributed by atoms with Crippen LogP contribution in [0.15, 0.2) is 4.52 Å². The monoisotopic (exact) mass is 260 g/mol. The van der Waals surface area contributed by atoms with Gasteiger partial charge in [0.15, 0.2) is 5.82 Å². The Morgan fingerprint density at radius 2 is 2.22 bits per heavy atom. The van der Waals surface area contributed by atoms with Crippen LogP contribution in [-0.4, -0.2) is 27.8 Å². The molecule has 102 valence electrons. The first-order valence-electron chi connectivity index (χ1n) is 6.42. The Morgan fingerprint density at radius 1 is 1.39 bits per heavy atom. The number of alkyl halides is 2. The molecule has 6 heteroatoms. The first kappa shape index (κ1) is 13.4. The lowest BCUT2D eigenvalue weighted by molar-refractivity contribution is -0.0418. The maximum atomic E-state index is 13.3. The average molecular weight is 260 g/mol. The zero-order valence-corrected chi connectivity index (χ0v) is 10.2. The van der Waals surface area contributed by atoms with Crippen LogP contribution in [-0.2, 0) is 6.42 Å². The van der Waals surface area contributed by atoms with Gasteiger partial charge in [0.2, 0.25) is 11.8 Å². The minimum atomic E-state index is -2.60. The van der Waals surface area contributed by atoms with Crippen molar-refractivity contribution in [2.24, 2.45) is 0 Å². The second kappa shape index (κ2) is 5.73. The van der Waals surface area contributed by atoms with E-state index in [0.717, 1.165) is 6.42 Å². The molecule has 0 spiro atoms. The molecule has 0 bridgehead atoms. The number of aromatic nitrogens is 2. The van der Waals surface area contributed by atoms with E-state index in [1.54, 1.807) is 0 Å². The van der Waals surface area contributed by atoms with E-state index in [-0.39, 0.29) is 25.4 Å². The first-order chi connectivity index (χ1) is 8.61. The van der Waals surface area contributed by atoms with Gasteiger partial charge in [-0.25, -0.2) is 8.78 Å². The largest absolute Gasteiger partial charge is 0.396 e. The van der Waals surface area contributed by atoms with Crippen molar-refractivity contribution in [2.75, 3.05) is 6.61 Å². The normalized spacial score (nSPS) is 23.2. The van der Waals surface area contributed by atoms with Gasteiger partial charge in [-0.1, -0.05) is 5.16 Å². The van der Waals surface area contributed by atoms with Gasteiger partial charge in [0.1, 0.15) is 0 Å². The van der Waals surface area contributed by atoms with Gasteiger partial charge >= 0.3 is 0 Å². The highest BCUT2D eigenvalue weighted by atomic mass is 19.3. The topological polar surface area (TPSA) is 59.2 Å². The van der Waals surface area contributed by atoms with Crippen LogP contribution >= 0.6 is 0 Å². The summed E-state index contributed by atoms with van der Waals surface area (Å²) in [7, 11) is 0. The minimum Gasteiger partial charge on any atom is -0.396 e. The summed E-state index contributed by atoms with van der Waals surface area (Å²) in [5.41, 5.74) is 0. The van der Waals surface area contributed by atoms with E-state index in [0.29, 0.717) is 37.4 Å². The maximum absolute atomic E-state index is 13.3. The molecule has 1 heterocycles. The molecule has 1 aliphatic rings. The smallest absolute Gasteiger partial charge is 0.248 e. The second-order valence-corrected chi connectivity index (χ2v) is 4.88. The molecule has 0 saturated heterocycles. The van der Waals surface area contributed by atoms with Crippen LogP contribution in [0.25, 0.3) is 0 Å². The molecule has 0 aliphatic heterocycles. The molecule has 0 amide bonds. The van der Waals surface area contributed by atoms with Crippen molar-refractivity contribution in [1.82, 2.24) is 10.1 Å². The number of unbranched alkanes of at least 4 members (excludes halogenated alkanes) is 1. The Kier molecular flexibility index (Phi) is 4.27. The van der Waals surface area contributed by atoms with E-state index in [1.165, 1.54) is 0 Å². The molecular formula is C12H18F2N2O2. The Labute approximate surface area is 104 Å². The van der Waals surface area contributed by atoms with Crippen molar-refractivity contribution in [3.63, 3.8) is 0 Å². The summed E-state index contributed by atoms with van der Waals surface area (Å²) < 4.78 is 31.6. The van der Waals surface area contributed by atoms with E-state index in [9.17, 15) is 8.78 Å². The molecule has 1 aromatic rings. The lowest BCUT2D eigenvalue weighted by Gasteiger charge is -2.26. The first-order valence-corrected chi connectivity index (χ1v) is 6.42. The number of aliphatic hydroxyl groups excluding tert-OH is 1. The van der Waals surface area contributed by atoms with Gasteiger partial charge in [0, 0.05) is 31.8 Å². The molecular weight excluding hydrogens is 242 g/mol. The van der Waals surface area contributed by atoms with E-state index < -0.39 is 5.92 Å². The summed E-state index contributed by atoms with van der Waals surface area (Å²) in [6, 6.07) is 0. The number of nitrogens with zero attached hydrogens (tertiary/aromatic N) is 2. The zero-order chi connectivity index (χ0) is 13.0. The van der Waals surface area contributed by atoms with Crippen LogP contribution in [0.3, 0.4) is 0 Å². The number of rotatable bonds is 5. The van der Waals surface area contributed by atoms with Crippen LogP contribution in [0.2, 0.25) is 0 Å². The third kappa shape index (κ3) is 3.48. The van der Waals surface area contributed by atoms with Gasteiger partial charge in [-0.15, -0.1) is 0 Å². The molecule has 1 aromatic heterocycles. The third-order valence-corrected chi connectivity index (χ3v) is 3.29. The highest BCUT2D eigenvalue weighted by Crippen LogP contribution is 2.40. The quantitative estimate of drug-likeness (QED) is 0.827. The van der Waals surface area contributed by atoms with Gasteiger partial charge in [-0.05, 0) is 25.7 Å². The van der Waals surface area contributed by atoms with E-state index in [1.807, 2.05) is 0 Å².